The Hall–Kier alpha value is -2.20. The first-order valence-corrected chi connectivity index (χ1v) is 12.6. The maximum atomic E-state index is 14.2. The fourth-order valence-corrected chi connectivity index (χ4v) is 6.15. The molecule has 2 aromatic carbocycles. The van der Waals surface area contributed by atoms with E-state index in [1.54, 1.807) is 12.1 Å². The number of halogens is 1. The summed E-state index contributed by atoms with van der Waals surface area (Å²) in [6.07, 6.45) is 9.75. The molecule has 0 N–H and O–H groups in total. The number of hydrogen-bond acceptors (Lipinski definition) is 2. The molecule has 170 valence electrons. The standard InChI is InChI=1S/C28H35FN2O/c29-26-12-6-5-11-25(26)21-16-18-30(19-17-21)20-24-15-14-22-8-4-7-13-27(22)31(24)28(32)23-9-2-1-3-10-23/h4-8,11-13,21,23-24H,1-3,9-10,14-20H2. The molecule has 32 heavy (non-hydrogen) atoms. The van der Waals surface area contributed by atoms with Crippen LogP contribution in [0.5, 0.6) is 0 Å². The highest BCUT2D eigenvalue weighted by Gasteiger charge is 2.36. The number of fused-ring (bicyclic) bond motifs is 1. The van der Waals surface area contributed by atoms with Gasteiger partial charge in [0.15, 0.2) is 0 Å². The molecule has 1 aliphatic carbocycles. The number of anilines is 1. The van der Waals surface area contributed by atoms with Crippen molar-refractivity contribution >= 4 is 11.6 Å². The van der Waals surface area contributed by atoms with Crippen molar-refractivity contribution in [3.05, 3.63) is 65.5 Å². The summed E-state index contributed by atoms with van der Waals surface area (Å²) in [6, 6.07) is 16.0. The summed E-state index contributed by atoms with van der Waals surface area (Å²) in [5.41, 5.74) is 3.32. The van der Waals surface area contributed by atoms with Crippen molar-refractivity contribution in [2.75, 3.05) is 24.5 Å². The number of hydrogen-bond donors (Lipinski definition) is 0. The minimum Gasteiger partial charge on any atom is -0.308 e. The monoisotopic (exact) mass is 434 g/mol. The lowest BCUT2D eigenvalue weighted by Gasteiger charge is -2.43. The molecule has 1 saturated heterocycles. The summed E-state index contributed by atoms with van der Waals surface area (Å²) in [4.78, 5) is 18.4. The van der Waals surface area contributed by atoms with Gasteiger partial charge >= 0.3 is 0 Å². The Morgan fingerprint density at radius 1 is 0.875 bits per heavy atom. The topological polar surface area (TPSA) is 23.6 Å². The van der Waals surface area contributed by atoms with Crippen molar-refractivity contribution in [1.82, 2.24) is 4.90 Å². The van der Waals surface area contributed by atoms with Crippen LogP contribution in [0.15, 0.2) is 48.5 Å². The number of nitrogens with zero attached hydrogens (tertiary/aromatic N) is 2. The van der Waals surface area contributed by atoms with Crippen LogP contribution >= 0.6 is 0 Å². The third-order valence-corrected chi connectivity index (χ3v) is 7.96. The van der Waals surface area contributed by atoms with E-state index in [9.17, 15) is 9.18 Å². The normalized spacial score (nSPS) is 23.2. The highest BCUT2D eigenvalue weighted by atomic mass is 19.1. The molecule has 0 aromatic heterocycles. The van der Waals surface area contributed by atoms with E-state index in [0.29, 0.717) is 11.8 Å². The summed E-state index contributed by atoms with van der Waals surface area (Å²) < 4.78 is 14.2. The smallest absolute Gasteiger partial charge is 0.230 e. The van der Waals surface area contributed by atoms with E-state index in [2.05, 4.69) is 34.1 Å². The number of carbonyl (C=O) groups is 1. The van der Waals surface area contributed by atoms with Crippen LogP contribution < -0.4 is 4.90 Å². The van der Waals surface area contributed by atoms with Gasteiger partial charge < -0.3 is 9.80 Å². The third kappa shape index (κ3) is 4.47. The lowest BCUT2D eigenvalue weighted by molar-refractivity contribution is -0.124. The number of para-hydroxylation sites is 1. The van der Waals surface area contributed by atoms with Gasteiger partial charge in [-0.05, 0) is 80.8 Å². The molecule has 1 saturated carbocycles. The van der Waals surface area contributed by atoms with E-state index in [1.165, 1.54) is 24.8 Å². The Morgan fingerprint density at radius 3 is 2.38 bits per heavy atom. The molecule has 1 amide bonds. The molecule has 1 unspecified atom stereocenters. The number of benzene rings is 2. The predicted octanol–water partition coefficient (Wildman–Crippen LogP) is 5.93. The van der Waals surface area contributed by atoms with Gasteiger partial charge in [-0.1, -0.05) is 55.7 Å². The summed E-state index contributed by atoms with van der Waals surface area (Å²) in [5, 5.41) is 0. The summed E-state index contributed by atoms with van der Waals surface area (Å²) in [7, 11) is 0. The fraction of sp³-hybridized carbons (Fsp3) is 0.536. The van der Waals surface area contributed by atoms with Crippen LogP contribution in [0.3, 0.4) is 0 Å². The molecular formula is C28H35FN2O. The minimum absolute atomic E-state index is 0.0703. The van der Waals surface area contributed by atoms with Crippen LogP contribution in [0.1, 0.15) is 68.4 Å². The minimum atomic E-state index is -0.0703. The Bertz CT molecular complexity index is 931. The Labute approximate surface area is 191 Å². The Morgan fingerprint density at radius 2 is 1.59 bits per heavy atom. The lowest BCUT2D eigenvalue weighted by Crippen LogP contribution is -2.52. The number of amides is 1. The second-order valence-electron chi connectivity index (χ2n) is 9.96. The number of rotatable bonds is 4. The lowest BCUT2D eigenvalue weighted by atomic mass is 9.85. The van der Waals surface area contributed by atoms with Gasteiger partial charge in [0.2, 0.25) is 5.91 Å². The van der Waals surface area contributed by atoms with E-state index in [0.717, 1.165) is 69.4 Å². The average Bonchev–Trinajstić information content (AvgIpc) is 2.85. The maximum Gasteiger partial charge on any atom is 0.230 e. The largest absolute Gasteiger partial charge is 0.308 e. The number of likely N-dealkylation sites (tertiary alicyclic amines) is 1. The first-order chi connectivity index (χ1) is 15.7. The Balaban J connectivity index is 1.29. The molecule has 4 heteroatoms. The highest BCUT2D eigenvalue weighted by molar-refractivity contribution is 5.97. The number of carbonyl (C=O) groups excluding carboxylic acids is 1. The average molecular weight is 435 g/mol. The van der Waals surface area contributed by atoms with E-state index < -0.39 is 0 Å². The molecule has 3 nitrogen and oxygen atoms in total. The van der Waals surface area contributed by atoms with Crippen LogP contribution in [-0.2, 0) is 11.2 Å². The Kier molecular flexibility index (Phi) is 6.59. The van der Waals surface area contributed by atoms with Crippen molar-refractivity contribution < 1.29 is 9.18 Å². The van der Waals surface area contributed by atoms with Gasteiger partial charge in [0, 0.05) is 24.2 Å². The first-order valence-electron chi connectivity index (χ1n) is 12.6. The van der Waals surface area contributed by atoms with Crippen molar-refractivity contribution in [1.29, 1.82) is 0 Å². The molecule has 5 rings (SSSR count). The van der Waals surface area contributed by atoms with Gasteiger partial charge in [-0.2, -0.15) is 0 Å². The number of aryl methyl sites for hydroxylation is 1. The van der Waals surface area contributed by atoms with Crippen LogP contribution in [0.4, 0.5) is 10.1 Å². The van der Waals surface area contributed by atoms with Gasteiger partial charge in [-0.25, -0.2) is 4.39 Å². The van der Waals surface area contributed by atoms with Crippen LogP contribution in [0.25, 0.3) is 0 Å². The van der Waals surface area contributed by atoms with E-state index >= 15 is 0 Å². The molecule has 2 fully saturated rings. The van der Waals surface area contributed by atoms with Crippen molar-refractivity contribution in [2.45, 2.75) is 69.7 Å². The van der Waals surface area contributed by atoms with Gasteiger partial charge in [0.05, 0.1) is 0 Å². The molecular weight excluding hydrogens is 399 g/mol. The highest BCUT2D eigenvalue weighted by Crippen LogP contribution is 2.36. The van der Waals surface area contributed by atoms with Crippen LogP contribution in [0, 0.1) is 11.7 Å². The zero-order chi connectivity index (χ0) is 21.9. The van der Waals surface area contributed by atoms with E-state index in [4.69, 9.17) is 0 Å². The molecule has 2 aliphatic heterocycles. The second kappa shape index (κ2) is 9.74. The van der Waals surface area contributed by atoms with Crippen LogP contribution in [-0.4, -0.2) is 36.5 Å². The predicted molar refractivity (Wildman–Crippen MR) is 127 cm³/mol. The molecule has 1 atom stereocenters. The first kappa shape index (κ1) is 21.6. The molecule has 2 heterocycles. The van der Waals surface area contributed by atoms with E-state index in [-0.39, 0.29) is 17.8 Å². The number of piperidine rings is 1. The van der Waals surface area contributed by atoms with Crippen molar-refractivity contribution in [3.8, 4) is 0 Å². The maximum absolute atomic E-state index is 14.2. The molecule has 0 radical (unpaired) electrons. The zero-order valence-electron chi connectivity index (χ0n) is 19.0. The molecule has 3 aliphatic rings. The zero-order valence-corrected chi connectivity index (χ0v) is 19.0. The van der Waals surface area contributed by atoms with Gasteiger partial charge in [-0.15, -0.1) is 0 Å². The van der Waals surface area contributed by atoms with Crippen molar-refractivity contribution in [2.24, 2.45) is 5.92 Å². The quantitative estimate of drug-likeness (QED) is 0.595. The van der Waals surface area contributed by atoms with Gasteiger partial charge in [0.1, 0.15) is 5.82 Å². The van der Waals surface area contributed by atoms with Gasteiger partial charge in [-0.3, -0.25) is 4.79 Å². The van der Waals surface area contributed by atoms with E-state index in [1.807, 2.05) is 12.1 Å². The molecule has 0 spiro atoms. The van der Waals surface area contributed by atoms with Gasteiger partial charge in [0.25, 0.3) is 0 Å². The summed E-state index contributed by atoms with van der Waals surface area (Å²) >= 11 is 0. The fourth-order valence-electron chi connectivity index (χ4n) is 6.15. The molecule has 0 bridgehead atoms. The SMILES string of the molecule is O=C(C1CCCCC1)N1c2ccccc2CCC1CN1CCC(c2ccccc2F)CC1. The molecule has 2 aromatic rings. The van der Waals surface area contributed by atoms with Crippen molar-refractivity contribution in [3.63, 3.8) is 0 Å². The third-order valence-electron chi connectivity index (χ3n) is 7.96. The van der Waals surface area contributed by atoms with Crippen LogP contribution in [0.2, 0.25) is 0 Å². The summed E-state index contributed by atoms with van der Waals surface area (Å²) in [5.74, 6) is 0.769. The second-order valence-corrected chi connectivity index (χ2v) is 9.96. The summed E-state index contributed by atoms with van der Waals surface area (Å²) in [6.45, 7) is 2.88.